The van der Waals surface area contributed by atoms with Crippen LogP contribution in [0.15, 0.2) is 53.1 Å². The maximum atomic E-state index is 12.9. The van der Waals surface area contributed by atoms with Crippen LogP contribution < -0.4 is 15.4 Å². The van der Waals surface area contributed by atoms with Crippen molar-refractivity contribution in [1.82, 2.24) is 5.32 Å². The number of carbonyl (C=O) groups is 3. The smallest absolute Gasteiger partial charge is 0.319 e. The van der Waals surface area contributed by atoms with Gasteiger partial charge in [-0.2, -0.15) is 5.26 Å². The number of hydrogen-bond donors (Lipinski definition) is 2. The number of anilines is 1. The standard InChI is InChI=1S/C23H19Cl2N3O5S/c1-32-17-6-4-3-5-13(17)19-14(10-26)22(28-21(30)20(19)23(31)33-2)34-11-18(29)27-12-7-8-15(24)16(25)9-12/h3-9,19-20H,11H2,1-2H3,(H,27,29)(H,28,30)/t19-,20-/m1/s1. The molecular weight excluding hydrogens is 501 g/mol. The summed E-state index contributed by atoms with van der Waals surface area (Å²) in [6.07, 6.45) is 0. The first-order chi connectivity index (χ1) is 16.3. The number of thioether (sulfide) groups is 1. The Morgan fingerprint density at radius 1 is 1.18 bits per heavy atom. The molecule has 0 radical (unpaired) electrons. The second-order valence-electron chi connectivity index (χ2n) is 7.03. The molecule has 176 valence electrons. The van der Waals surface area contributed by atoms with Crippen molar-refractivity contribution in [3.05, 3.63) is 68.7 Å². The van der Waals surface area contributed by atoms with E-state index in [0.717, 1.165) is 11.8 Å². The van der Waals surface area contributed by atoms with E-state index in [9.17, 15) is 19.6 Å². The Morgan fingerprint density at radius 2 is 1.91 bits per heavy atom. The molecular formula is C23H19Cl2N3O5S. The minimum absolute atomic E-state index is 0.117. The van der Waals surface area contributed by atoms with Crippen LogP contribution in [0.4, 0.5) is 5.69 Å². The van der Waals surface area contributed by atoms with E-state index in [4.69, 9.17) is 32.7 Å². The van der Waals surface area contributed by atoms with Crippen molar-refractivity contribution in [2.24, 2.45) is 5.92 Å². The SMILES string of the molecule is COC(=O)[C@H]1C(=O)NC(SCC(=O)Nc2ccc(Cl)c(Cl)c2)=C(C#N)[C@H]1c1ccccc1OC. The fourth-order valence-corrected chi connectivity index (χ4v) is 4.63. The highest BCUT2D eigenvalue weighted by molar-refractivity contribution is 8.03. The molecule has 2 atom stereocenters. The first-order valence-electron chi connectivity index (χ1n) is 9.84. The molecule has 0 bridgehead atoms. The van der Waals surface area contributed by atoms with Gasteiger partial charge in [0.25, 0.3) is 0 Å². The van der Waals surface area contributed by atoms with E-state index < -0.39 is 29.6 Å². The number of benzene rings is 2. The van der Waals surface area contributed by atoms with Crippen molar-refractivity contribution in [2.75, 3.05) is 25.3 Å². The topological polar surface area (TPSA) is 118 Å². The summed E-state index contributed by atoms with van der Waals surface area (Å²) in [5, 5.41) is 16.0. The molecule has 2 amide bonds. The van der Waals surface area contributed by atoms with E-state index in [1.54, 1.807) is 36.4 Å². The molecule has 0 spiro atoms. The van der Waals surface area contributed by atoms with Crippen molar-refractivity contribution in [2.45, 2.75) is 5.92 Å². The Morgan fingerprint density at radius 3 is 2.56 bits per heavy atom. The average Bonchev–Trinajstić information content (AvgIpc) is 2.84. The highest BCUT2D eigenvalue weighted by Gasteiger charge is 2.45. The summed E-state index contributed by atoms with van der Waals surface area (Å²) >= 11 is 12.8. The fraction of sp³-hybridized carbons (Fsp3) is 0.217. The molecule has 11 heteroatoms. The van der Waals surface area contributed by atoms with Gasteiger partial charge in [0, 0.05) is 17.2 Å². The number of amides is 2. The van der Waals surface area contributed by atoms with Gasteiger partial charge in [0.2, 0.25) is 11.8 Å². The number of methoxy groups -OCH3 is 2. The summed E-state index contributed by atoms with van der Waals surface area (Å²) in [6.45, 7) is 0. The van der Waals surface area contributed by atoms with Gasteiger partial charge in [-0.1, -0.05) is 53.2 Å². The molecule has 1 aliphatic heterocycles. The van der Waals surface area contributed by atoms with Gasteiger partial charge in [0.05, 0.1) is 46.7 Å². The maximum Gasteiger partial charge on any atom is 0.319 e. The number of rotatable bonds is 7. The average molecular weight is 520 g/mol. The number of hydrogen-bond acceptors (Lipinski definition) is 7. The number of ether oxygens (including phenoxy) is 2. The van der Waals surface area contributed by atoms with E-state index in [-0.39, 0.29) is 21.4 Å². The molecule has 3 rings (SSSR count). The van der Waals surface area contributed by atoms with Crippen molar-refractivity contribution < 1.29 is 23.9 Å². The van der Waals surface area contributed by atoms with Crippen LogP contribution in [0, 0.1) is 17.2 Å². The van der Waals surface area contributed by atoms with E-state index in [1.165, 1.54) is 20.3 Å². The quantitative estimate of drug-likeness (QED) is 0.417. The lowest BCUT2D eigenvalue weighted by molar-refractivity contribution is -0.150. The third kappa shape index (κ3) is 5.47. The molecule has 34 heavy (non-hydrogen) atoms. The van der Waals surface area contributed by atoms with Crippen molar-refractivity contribution in [3.63, 3.8) is 0 Å². The van der Waals surface area contributed by atoms with Gasteiger partial charge in [-0.25, -0.2) is 0 Å². The Hall–Kier alpha value is -3.19. The van der Waals surface area contributed by atoms with Crippen LogP contribution >= 0.6 is 35.0 Å². The fourth-order valence-electron chi connectivity index (χ4n) is 3.49. The zero-order valence-corrected chi connectivity index (χ0v) is 20.4. The predicted molar refractivity (Wildman–Crippen MR) is 130 cm³/mol. The molecule has 0 fully saturated rings. The summed E-state index contributed by atoms with van der Waals surface area (Å²) in [7, 11) is 2.62. The molecule has 0 saturated carbocycles. The number of nitriles is 1. The van der Waals surface area contributed by atoms with Gasteiger partial charge < -0.3 is 20.1 Å². The van der Waals surface area contributed by atoms with Crippen LogP contribution in [0.25, 0.3) is 0 Å². The third-order valence-corrected chi connectivity index (χ3v) is 6.76. The number of para-hydroxylation sites is 1. The molecule has 1 aliphatic rings. The Kier molecular flexibility index (Phi) is 8.45. The summed E-state index contributed by atoms with van der Waals surface area (Å²) in [6, 6.07) is 13.5. The molecule has 0 unspecified atom stereocenters. The van der Waals surface area contributed by atoms with Gasteiger partial charge in [-0.05, 0) is 24.3 Å². The Balaban J connectivity index is 1.92. The monoisotopic (exact) mass is 519 g/mol. The van der Waals surface area contributed by atoms with Crippen LogP contribution in [0.1, 0.15) is 11.5 Å². The molecule has 0 aromatic heterocycles. The number of nitrogens with one attached hydrogen (secondary N) is 2. The van der Waals surface area contributed by atoms with Gasteiger partial charge in [-0.3, -0.25) is 14.4 Å². The molecule has 2 aromatic carbocycles. The minimum Gasteiger partial charge on any atom is -0.496 e. The molecule has 0 aliphatic carbocycles. The summed E-state index contributed by atoms with van der Waals surface area (Å²) in [4.78, 5) is 37.9. The van der Waals surface area contributed by atoms with Gasteiger partial charge in [0.15, 0.2) is 0 Å². The van der Waals surface area contributed by atoms with E-state index in [0.29, 0.717) is 22.0 Å². The van der Waals surface area contributed by atoms with E-state index >= 15 is 0 Å². The van der Waals surface area contributed by atoms with Gasteiger partial charge in [0.1, 0.15) is 11.7 Å². The highest BCUT2D eigenvalue weighted by Crippen LogP contribution is 2.43. The van der Waals surface area contributed by atoms with Gasteiger partial charge >= 0.3 is 5.97 Å². The first kappa shape index (κ1) is 25.4. The third-order valence-electron chi connectivity index (χ3n) is 5.01. The second kappa shape index (κ2) is 11.3. The molecule has 8 nitrogen and oxygen atoms in total. The van der Waals surface area contributed by atoms with Crippen molar-refractivity contribution >= 4 is 58.4 Å². The lowest BCUT2D eigenvalue weighted by Gasteiger charge is -2.31. The lowest BCUT2D eigenvalue weighted by Crippen LogP contribution is -2.44. The van der Waals surface area contributed by atoms with E-state index in [2.05, 4.69) is 16.7 Å². The largest absolute Gasteiger partial charge is 0.496 e. The molecule has 1 heterocycles. The minimum atomic E-state index is -1.30. The second-order valence-corrected chi connectivity index (χ2v) is 8.83. The predicted octanol–water partition coefficient (Wildman–Crippen LogP) is 4.11. The van der Waals surface area contributed by atoms with Crippen LogP contribution in [0.2, 0.25) is 10.0 Å². The summed E-state index contributed by atoms with van der Waals surface area (Å²) < 4.78 is 10.2. The normalized spacial score (nSPS) is 17.4. The number of halogens is 2. The van der Waals surface area contributed by atoms with Crippen LogP contribution in [0.5, 0.6) is 5.75 Å². The number of nitrogens with zero attached hydrogens (tertiary/aromatic N) is 1. The van der Waals surface area contributed by atoms with Crippen LogP contribution in [-0.4, -0.2) is 37.8 Å². The zero-order chi connectivity index (χ0) is 24.8. The molecule has 0 saturated heterocycles. The van der Waals surface area contributed by atoms with E-state index in [1.807, 2.05) is 0 Å². The van der Waals surface area contributed by atoms with Crippen molar-refractivity contribution in [3.8, 4) is 11.8 Å². The molecule has 2 N–H and O–H groups in total. The summed E-state index contributed by atoms with van der Waals surface area (Å²) in [5.74, 6) is -3.80. The maximum absolute atomic E-state index is 12.9. The Labute approximate surface area is 210 Å². The lowest BCUT2D eigenvalue weighted by atomic mass is 9.78. The summed E-state index contributed by atoms with van der Waals surface area (Å²) in [5.41, 5.74) is 1.04. The zero-order valence-electron chi connectivity index (χ0n) is 18.1. The number of carbonyl (C=O) groups excluding carboxylic acids is 3. The number of allylic oxidation sites excluding steroid dienone is 1. The molecule has 2 aromatic rings. The van der Waals surface area contributed by atoms with Crippen molar-refractivity contribution in [1.29, 1.82) is 5.26 Å². The van der Waals surface area contributed by atoms with Crippen LogP contribution in [0.3, 0.4) is 0 Å². The first-order valence-corrected chi connectivity index (χ1v) is 11.6. The number of esters is 1. The highest BCUT2D eigenvalue weighted by atomic mass is 35.5. The van der Waals surface area contributed by atoms with Crippen LogP contribution in [-0.2, 0) is 19.1 Å². The van der Waals surface area contributed by atoms with Gasteiger partial charge in [-0.15, -0.1) is 0 Å². The Bertz CT molecular complexity index is 1210.